The van der Waals surface area contributed by atoms with E-state index < -0.39 is 41.1 Å². The molecule has 2 amide bonds. The maximum absolute atomic E-state index is 14.0. The van der Waals surface area contributed by atoms with Gasteiger partial charge in [-0.25, -0.2) is 0 Å². The molecule has 3 rings (SSSR count). The van der Waals surface area contributed by atoms with Crippen LogP contribution < -0.4 is 0 Å². The third-order valence-corrected chi connectivity index (χ3v) is 8.12. The van der Waals surface area contributed by atoms with Gasteiger partial charge in [0.05, 0.1) is 30.8 Å². The van der Waals surface area contributed by atoms with Crippen LogP contribution in [0.15, 0.2) is 25.3 Å². The number of allylic oxidation sites excluding steroid dienone is 1. The van der Waals surface area contributed by atoms with Crippen LogP contribution >= 0.6 is 0 Å². The molecule has 0 radical (unpaired) electrons. The second kappa shape index (κ2) is 10.8. The van der Waals surface area contributed by atoms with Gasteiger partial charge in [0, 0.05) is 12.6 Å². The molecule has 1 spiro atoms. The molecule has 3 fully saturated rings. The molecule has 1 N–H and O–H groups in total. The molecule has 2 bridgehead atoms. The first kappa shape index (κ1) is 27.4. The first-order valence-corrected chi connectivity index (χ1v) is 13.0. The lowest BCUT2D eigenvalue weighted by molar-refractivity contribution is -0.163. The van der Waals surface area contributed by atoms with Crippen LogP contribution in [0.4, 0.5) is 0 Å². The van der Waals surface area contributed by atoms with E-state index in [-0.39, 0.29) is 31.1 Å². The molecule has 0 aromatic carbocycles. The summed E-state index contributed by atoms with van der Waals surface area (Å²) in [6, 6.07) is -1.62. The first-order chi connectivity index (χ1) is 16.7. The standard InChI is InChI=1S/C27H42N2O6/c1-7-10-11-12-16-34-25(33)21-20-23(31)29(19(6)17-30)22(24(32)28(15-8-2)18(4)5)27(20)14-13-26(21,9-3)35-27/h7-8,18-22,30H,1-2,9-17H2,3-6H3/t19-,20+,21+,22?,26-,27?/m1/s1. The van der Waals surface area contributed by atoms with E-state index in [0.29, 0.717) is 32.2 Å². The number of fused-ring (bicyclic) bond motifs is 1. The minimum atomic E-state index is -1.12. The zero-order chi connectivity index (χ0) is 26.0. The molecular weight excluding hydrogens is 448 g/mol. The van der Waals surface area contributed by atoms with Crippen LogP contribution in [0.25, 0.3) is 0 Å². The summed E-state index contributed by atoms with van der Waals surface area (Å²) in [6.07, 6.45) is 7.57. The summed E-state index contributed by atoms with van der Waals surface area (Å²) in [4.78, 5) is 44.6. The summed E-state index contributed by atoms with van der Waals surface area (Å²) in [5.74, 6) is -2.55. The van der Waals surface area contributed by atoms with Crippen molar-refractivity contribution >= 4 is 17.8 Å². The highest BCUT2D eigenvalue weighted by atomic mass is 16.6. The molecule has 0 aromatic heterocycles. The number of unbranched alkanes of at least 4 members (excludes halogenated alkanes) is 2. The number of nitrogens with zero attached hydrogens (tertiary/aromatic N) is 2. The largest absolute Gasteiger partial charge is 0.465 e. The Hall–Kier alpha value is -2.19. The van der Waals surface area contributed by atoms with Gasteiger partial charge in [-0.05, 0) is 59.3 Å². The number of aliphatic hydroxyl groups excluding tert-OH is 1. The fourth-order valence-corrected chi connectivity index (χ4v) is 6.36. The summed E-state index contributed by atoms with van der Waals surface area (Å²) in [5, 5.41) is 9.98. The van der Waals surface area contributed by atoms with Gasteiger partial charge in [-0.1, -0.05) is 19.1 Å². The predicted octanol–water partition coefficient (Wildman–Crippen LogP) is 2.84. The Labute approximate surface area is 209 Å². The van der Waals surface area contributed by atoms with Gasteiger partial charge in [-0.3, -0.25) is 14.4 Å². The predicted molar refractivity (Wildman–Crippen MR) is 132 cm³/mol. The van der Waals surface area contributed by atoms with Gasteiger partial charge >= 0.3 is 5.97 Å². The Morgan fingerprint density at radius 2 is 1.97 bits per heavy atom. The van der Waals surface area contributed by atoms with E-state index in [2.05, 4.69) is 13.2 Å². The Morgan fingerprint density at radius 3 is 2.54 bits per heavy atom. The number of hydrogen-bond acceptors (Lipinski definition) is 6. The molecular formula is C27H42N2O6. The number of ether oxygens (including phenoxy) is 2. The van der Waals surface area contributed by atoms with E-state index in [1.165, 1.54) is 4.90 Å². The molecule has 0 aliphatic carbocycles. The van der Waals surface area contributed by atoms with Gasteiger partial charge < -0.3 is 24.4 Å². The summed E-state index contributed by atoms with van der Waals surface area (Å²) in [7, 11) is 0. The average molecular weight is 491 g/mol. The average Bonchev–Trinajstić information content (AvgIpc) is 3.44. The molecule has 8 nitrogen and oxygen atoms in total. The minimum absolute atomic E-state index is 0.118. The van der Waals surface area contributed by atoms with Crippen molar-refractivity contribution in [1.82, 2.24) is 9.80 Å². The molecule has 2 unspecified atom stereocenters. The number of hydrogen-bond donors (Lipinski definition) is 1. The van der Waals surface area contributed by atoms with E-state index in [1.54, 1.807) is 17.9 Å². The molecule has 3 saturated heterocycles. The van der Waals surface area contributed by atoms with Crippen LogP contribution in [0.5, 0.6) is 0 Å². The van der Waals surface area contributed by atoms with Crippen LogP contribution in [0.1, 0.15) is 66.2 Å². The number of carbonyl (C=O) groups is 3. The van der Waals surface area contributed by atoms with E-state index in [9.17, 15) is 19.5 Å². The normalized spacial score (nSPS) is 32.0. The second-order valence-corrected chi connectivity index (χ2v) is 10.4. The molecule has 0 aromatic rings. The van der Waals surface area contributed by atoms with Crippen LogP contribution in [-0.4, -0.2) is 81.8 Å². The summed E-state index contributed by atoms with van der Waals surface area (Å²) in [6.45, 7) is 15.3. The van der Waals surface area contributed by atoms with E-state index in [1.807, 2.05) is 26.8 Å². The second-order valence-electron chi connectivity index (χ2n) is 10.4. The van der Waals surface area contributed by atoms with Gasteiger partial charge in [0.1, 0.15) is 17.6 Å². The number of likely N-dealkylation sites (tertiary alicyclic amines) is 1. The smallest absolute Gasteiger partial charge is 0.312 e. The van der Waals surface area contributed by atoms with E-state index in [4.69, 9.17) is 9.47 Å². The number of amides is 2. The highest BCUT2D eigenvalue weighted by Gasteiger charge is 2.79. The fraction of sp³-hybridized carbons (Fsp3) is 0.741. The molecule has 0 saturated carbocycles. The van der Waals surface area contributed by atoms with Crippen LogP contribution in [0.2, 0.25) is 0 Å². The number of esters is 1. The maximum atomic E-state index is 14.0. The molecule has 196 valence electrons. The quantitative estimate of drug-likeness (QED) is 0.242. The SMILES string of the molecule is C=CCCCCOC(=O)[C@@H]1[C@H]2C(=O)N([C@H](C)CO)C(C(=O)N(CC=C)C(C)C)C23CC[C@@]1(CC)O3. The van der Waals surface area contributed by atoms with Crippen molar-refractivity contribution in [2.75, 3.05) is 19.8 Å². The topological polar surface area (TPSA) is 96.4 Å². The van der Waals surface area contributed by atoms with Gasteiger partial charge in [0.15, 0.2) is 0 Å². The Balaban J connectivity index is 2.00. The zero-order valence-electron chi connectivity index (χ0n) is 21.7. The van der Waals surface area contributed by atoms with Crippen molar-refractivity contribution < 1.29 is 29.0 Å². The fourth-order valence-electron chi connectivity index (χ4n) is 6.36. The third kappa shape index (κ3) is 4.44. The van der Waals surface area contributed by atoms with Crippen molar-refractivity contribution in [1.29, 1.82) is 0 Å². The molecule has 8 heteroatoms. The molecule has 3 aliphatic heterocycles. The first-order valence-electron chi connectivity index (χ1n) is 13.0. The number of carbonyl (C=O) groups excluding carboxylic acids is 3. The van der Waals surface area contributed by atoms with Gasteiger partial charge in [0.25, 0.3) is 0 Å². The van der Waals surface area contributed by atoms with Crippen molar-refractivity contribution in [3.05, 3.63) is 25.3 Å². The molecule has 6 atom stereocenters. The zero-order valence-corrected chi connectivity index (χ0v) is 21.7. The Kier molecular flexibility index (Phi) is 8.48. The lowest BCUT2D eigenvalue weighted by Gasteiger charge is -2.39. The highest BCUT2D eigenvalue weighted by molar-refractivity contribution is 5.98. The Bertz CT molecular complexity index is 844. The summed E-state index contributed by atoms with van der Waals surface area (Å²) in [5.41, 5.74) is -1.94. The van der Waals surface area contributed by atoms with E-state index >= 15 is 0 Å². The monoisotopic (exact) mass is 490 g/mol. The van der Waals surface area contributed by atoms with Gasteiger partial charge in [-0.2, -0.15) is 0 Å². The molecule has 35 heavy (non-hydrogen) atoms. The highest BCUT2D eigenvalue weighted by Crippen LogP contribution is 2.64. The van der Waals surface area contributed by atoms with E-state index in [0.717, 1.165) is 12.8 Å². The summed E-state index contributed by atoms with van der Waals surface area (Å²) < 4.78 is 12.4. The van der Waals surface area contributed by atoms with Crippen LogP contribution in [0, 0.1) is 11.8 Å². The third-order valence-electron chi connectivity index (χ3n) is 8.12. The van der Waals surface area contributed by atoms with Crippen LogP contribution in [0.3, 0.4) is 0 Å². The van der Waals surface area contributed by atoms with Crippen molar-refractivity contribution in [2.24, 2.45) is 11.8 Å². The van der Waals surface area contributed by atoms with Gasteiger partial charge in [-0.15, -0.1) is 13.2 Å². The van der Waals surface area contributed by atoms with Crippen molar-refractivity contribution in [3.8, 4) is 0 Å². The Morgan fingerprint density at radius 1 is 1.26 bits per heavy atom. The number of aliphatic hydroxyl groups is 1. The lowest BCUT2D eigenvalue weighted by Crippen LogP contribution is -2.59. The maximum Gasteiger partial charge on any atom is 0.312 e. The van der Waals surface area contributed by atoms with Gasteiger partial charge in [0.2, 0.25) is 11.8 Å². The lowest BCUT2D eigenvalue weighted by atomic mass is 9.65. The van der Waals surface area contributed by atoms with Crippen molar-refractivity contribution in [3.63, 3.8) is 0 Å². The minimum Gasteiger partial charge on any atom is -0.465 e. The molecule has 3 aliphatic rings. The van der Waals surface area contributed by atoms with Crippen LogP contribution in [-0.2, 0) is 23.9 Å². The molecule has 3 heterocycles. The summed E-state index contributed by atoms with van der Waals surface area (Å²) >= 11 is 0. The number of rotatable bonds is 13. The van der Waals surface area contributed by atoms with Crippen molar-refractivity contribution in [2.45, 2.75) is 95.5 Å².